The van der Waals surface area contributed by atoms with Crippen LogP contribution < -0.4 is 0 Å². The van der Waals surface area contributed by atoms with E-state index in [2.05, 4.69) is 0 Å². The van der Waals surface area contributed by atoms with Gasteiger partial charge < -0.3 is 10.0 Å². The van der Waals surface area contributed by atoms with Crippen LogP contribution in [0.15, 0.2) is 24.3 Å². The van der Waals surface area contributed by atoms with Crippen molar-refractivity contribution >= 4 is 11.9 Å². The summed E-state index contributed by atoms with van der Waals surface area (Å²) in [4.78, 5) is 25.0. The molecule has 1 aromatic rings. The molecule has 1 fully saturated rings. The molecule has 1 aliphatic heterocycles. The number of hydrogen-bond acceptors (Lipinski definition) is 2. The van der Waals surface area contributed by atoms with Gasteiger partial charge in [-0.1, -0.05) is 25.1 Å². The molecule has 0 bridgehead atoms. The van der Waals surface area contributed by atoms with Gasteiger partial charge >= 0.3 is 12.1 Å². The van der Waals surface area contributed by atoms with Crippen LogP contribution in [0, 0.1) is 5.41 Å². The van der Waals surface area contributed by atoms with Gasteiger partial charge in [-0.25, -0.2) is 0 Å². The molecule has 0 spiro atoms. The Kier molecular flexibility index (Phi) is 4.92. The Bertz CT molecular complexity index is 644. The fourth-order valence-electron chi connectivity index (χ4n) is 3.03. The summed E-state index contributed by atoms with van der Waals surface area (Å²) in [6.45, 7) is 3.56. The molecule has 0 radical (unpaired) electrons. The number of carboxylic acid groups (broad SMARTS) is 1. The van der Waals surface area contributed by atoms with Crippen molar-refractivity contribution in [2.75, 3.05) is 13.1 Å². The third kappa shape index (κ3) is 3.71. The Labute approximate surface area is 138 Å². The largest absolute Gasteiger partial charge is 0.481 e. The maximum Gasteiger partial charge on any atom is 0.416 e. The minimum atomic E-state index is -4.47. The van der Waals surface area contributed by atoms with Gasteiger partial charge in [-0.05, 0) is 30.9 Å². The Hall–Kier alpha value is -2.05. The third-order valence-electron chi connectivity index (χ3n) is 4.62. The molecule has 2 unspecified atom stereocenters. The van der Waals surface area contributed by atoms with Crippen LogP contribution in [-0.2, 0) is 15.8 Å². The van der Waals surface area contributed by atoms with E-state index in [0.717, 1.165) is 6.07 Å². The zero-order valence-electron chi connectivity index (χ0n) is 13.6. The number of aliphatic carboxylic acids is 1. The van der Waals surface area contributed by atoms with Crippen molar-refractivity contribution < 1.29 is 27.9 Å². The lowest BCUT2D eigenvalue weighted by Gasteiger charge is -2.23. The number of amides is 1. The number of likely N-dealkylation sites (tertiary alicyclic amines) is 1. The number of carbonyl (C=O) groups excluding carboxylic acids is 1. The van der Waals surface area contributed by atoms with Crippen molar-refractivity contribution in [3.05, 3.63) is 35.4 Å². The Morgan fingerprint density at radius 2 is 1.96 bits per heavy atom. The number of nitrogens with zero attached hydrogens (tertiary/aromatic N) is 1. The van der Waals surface area contributed by atoms with Crippen molar-refractivity contribution in [2.24, 2.45) is 5.41 Å². The smallest absolute Gasteiger partial charge is 0.416 e. The Morgan fingerprint density at radius 1 is 1.33 bits per heavy atom. The van der Waals surface area contributed by atoms with Gasteiger partial charge in [0.15, 0.2) is 0 Å². The van der Waals surface area contributed by atoms with Gasteiger partial charge in [0.1, 0.15) is 0 Å². The Morgan fingerprint density at radius 3 is 2.50 bits per heavy atom. The zero-order valence-corrected chi connectivity index (χ0v) is 13.6. The molecule has 1 heterocycles. The molecule has 132 valence electrons. The lowest BCUT2D eigenvalue weighted by molar-refractivity contribution is -0.147. The molecule has 0 saturated carbocycles. The van der Waals surface area contributed by atoms with Crippen molar-refractivity contribution in [2.45, 2.75) is 38.8 Å². The summed E-state index contributed by atoms with van der Waals surface area (Å²) < 4.78 is 39.2. The number of carbonyl (C=O) groups is 2. The molecule has 4 nitrogen and oxygen atoms in total. The van der Waals surface area contributed by atoms with Crippen molar-refractivity contribution in [1.82, 2.24) is 4.90 Å². The monoisotopic (exact) mass is 343 g/mol. The second kappa shape index (κ2) is 6.45. The first-order chi connectivity index (χ1) is 11.0. The van der Waals surface area contributed by atoms with Gasteiger partial charge in [-0.15, -0.1) is 0 Å². The molecule has 24 heavy (non-hydrogen) atoms. The average molecular weight is 343 g/mol. The van der Waals surface area contributed by atoms with Crippen LogP contribution in [-0.4, -0.2) is 35.0 Å². The molecule has 2 rings (SSSR count). The van der Waals surface area contributed by atoms with Crippen LogP contribution >= 0.6 is 0 Å². The highest BCUT2D eigenvalue weighted by Crippen LogP contribution is 2.37. The number of hydrogen-bond donors (Lipinski definition) is 1. The number of rotatable bonds is 4. The molecule has 0 aromatic heterocycles. The van der Waals surface area contributed by atoms with Crippen LogP contribution in [0.25, 0.3) is 0 Å². The normalized spacial score (nSPS) is 22.5. The first-order valence-electron chi connectivity index (χ1n) is 7.72. The molecular weight excluding hydrogens is 323 g/mol. The van der Waals surface area contributed by atoms with Crippen LogP contribution in [0.2, 0.25) is 0 Å². The summed E-state index contributed by atoms with van der Waals surface area (Å²) in [6, 6.07) is 5.22. The van der Waals surface area contributed by atoms with E-state index >= 15 is 0 Å². The van der Waals surface area contributed by atoms with Gasteiger partial charge in [0.2, 0.25) is 5.91 Å². The highest BCUT2D eigenvalue weighted by molar-refractivity contribution is 5.81. The summed E-state index contributed by atoms with van der Waals surface area (Å²) in [6.07, 6.45) is -4.20. The summed E-state index contributed by atoms with van der Waals surface area (Å²) in [5, 5.41) is 9.19. The fourth-order valence-corrected chi connectivity index (χ4v) is 3.03. The number of halogens is 3. The predicted octanol–water partition coefficient (Wildman–Crippen LogP) is 3.52. The maximum atomic E-state index is 13.1. The van der Waals surface area contributed by atoms with Crippen LogP contribution in [0.4, 0.5) is 13.2 Å². The topological polar surface area (TPSA) is 57.6 Å². The molecule has 1 amide bonds. The summed E-state index contributed by atoms with van der Waals surface area (Å²) >= 11 is 0. The van der Waals surface area contributed by atoms with Gasteiger partial charge in [-0.3, -0.25) is 9.59 Å². The second-order valence-electron chi connectivity index (χ2n) is 6.62. The molecule has 1 saturated heterocycles. The quantitative estimate of drug-likeness (QED) is 0.910. The molecule has 1 aromatic carbocycles. The van der Waals surface area contributed by atoms with Crippen molar-refractivity contribution in [1.29, 1.82) is 0 Å². The first kappa shape index (κ1) is 18.3. The average Bonchev–Trinajstić information content (AvgIpc) is 2.90. The van der Waals surface area contributed by atoms with E-state index in [1.54, 1.807) is 13.8 Å². The van der Waals surface area contributed by atoms with E-state index in [1.165, 1.54) is 23.1 Å². The van der Waals surface area contributed by atoms with E-state index in [4.69, 9.17) is 0 Å². The third-order valence-corrected chi connectivity index (χ3v) is 4.62. The highest BCUT2D eigenvalue weighted by Gasteiger charge is 2.42. The van der Waals surface area contributed by atoms with E-state index in [0.29, 0.717) is 13.0 Å². The maximum absolute atomic E-state index is 13.1. The molecule has 1 N–H and O–H groups in total. The van der Waals surface area contributed by atoms with Gasteiger partial charge in [0.05, 0.1) is 11.0 Å². The van der Waals surface area contributed by atoms with Crippen LogP contribution in [0.1, 0.15) is 43.7 Å². The lowest BCUT2D eigenvalue weighted by atomic mass is 9.90. The molecular formula is C17H20F3NO3. The summed E-state index contributed by atoms with van der Waals surface area (Å²) in [7, 11) is 0. The van der Waals surface area contributed by atoms with E-state index in [-0.39, 0.29) is 24.4 Å². The summed E-state index contributed by atoms with van der Waals surface area (Å²) in [5.74, 6) is -1.88. The predicted molar refractivity (Wildman–Crippen MR) is 81.4 cm³/mol. The second-order valence-corrected chi connectivity index (χ2v) is 6.62. The van der Waals surface area contributed by atoms with Crippen LogP contribution in [0.3, 0.4) is 0 Å². The van der Waals surface area contributed by atoms with Gasteiger partial charge in [-0.2, -0.15) is 13.2 Å². The van der Waals surface area contributed by atoms with E-state index < -0.39 is 29.0 Å². The van der Waals surface area contributed by atoms with Crippen molar-refractivity contribution in [3.8, 4) is 0 Å². The van der Waals surface area contributed by atoms with Crippen LogP contribution in [0.5, 0.6) is 0 Å². The Balaban J connectivity index is 2.10. The minimum absolute atomic E-state index is 0.0806. The fraction of sp³-hybridized carbons (Fsp3) is 0.529. The first-order valence-corrected chi connectivity index (χ1v) is 7.72. The number of alkyl halides is 3. The molecule has 1 aliphatic rings. The molecule has 2 atom stereocenters. The zero-order chi connectivity index (χ0) is 18.1. The van der Waals surface area contributed by atoms with E-state index in [9.17, 15) is 27.9 Å². The molecule has 7 heteroatoms. The number of benzene rings is 1. The van der Waals surface area contributed by atoms with Gasteiger partial charge in [0.25, 0.3) is 0 Å². The number of carboxylic acids is 1. The standard InChI is InChI=1S/C17H20F3NO3/c1-11(12-5-3-4-6-13(12)17(18,19)20)9-14(22)21-8-7-16(2,10-21)15(23)24/h3-6,11H,7-10H2,1-2H3,(H,23,24). The van der Waals surface area contributed by atoms with Crippen molar-refractivity contribution in [3.63, 3.8) is 0 Å². The van der Waals surface area contributed by atoms with E-state index in [1.807, 2.05) is 0 Å². The van der Waals surface area contributed by atoms with Gasteiger partial charge in [0, 0.05) is 19.5 Å². The SMILES string of the molecule is CC(CC(=O)N1CCC(C)(C(=O)O)C1)c1ccccc1C(F)(F)F. The lowest BCUT2D eigenvalue weighted by Crippen LogP contribution is -2.35. The summed E-state index contributed by atoms with van der Waals surface area (Å²) in [5.41, 5.74) is -1.64. The highest BCUT2D eigenvalue weighted by atomic mass is 19.4. The minimum Gasteiger partial charge on any atom is -0.481 e. The molecule has 0 aliphatic carbocycles.